The van der Waals surface area contributed by atoms with Crippen molar-refractivity contribution < 1.29 is 4.42 Å². The minimum Gasteiger partial charge on any atom is -0.472 e. The summed E-state index contributed by atoms with van der Waals surface area (Å²) in [6.45, 7) is 5.20. The van der Waals surface area contributed by atoms with E-state index in [-0.39, 0.29) is 0 Å². The van der Waals surface area contributed by atoms with Crippen LogP contribution in [0.3, 0.4) is 0 Å². The molecular formula is C15H19NOS. The van der Waals surface area contributed by atoms with Gasteiger partial charge in [-0.2, -0.15) is 0 Å². The second kappa shape index (κ2) is 6.66. The van der Waals surface area contributed by atoms with Crippen molar-refractivity contribution in [2.75, 3.05) is 12.3 Å². The van der Waals surface area contributed by atoms with Crippen LogP contribution in [0.1, 0.15) is 24.1 Å². The van der Waals surface area contributed by atoms with Crippen LogP contribution in [0, 0.1) is 6.92 Å². The van der Waals surface area contributed by atoms with Gasteiger partial charge in [0.1, 0.15) is 0 Å². The summed E-state index contributed by atoms with van der Waals surface area (Å²) in [5, 5.41) is 3.49. The summed E-state index contributed by atoms with van der Waals surface area (Å²) in [5.74, 6) is 1.01. The number of hydrogen-bond donors (Lipinski definition) is 1. The Hall–Kier alpha value is -1.19. The molecule has 0 spiro atoms. The Balaban J connectivity index is 1.95. The Kier molecular flexibility index (Phi) is 4.90. The van der Waals surface area contributed by atoms with Gasteiger partial charge >= 0.3 is 0 Å². The summed E-state index contributed by atoms with van der Waals surface area (Å²) in [5.41, 5.74) is 2.52. The molecule has 2 nitrogen and oxygen atoms in total. The van der Waals surface area contributed by atoms with Crippen molar-refractivity contribution in [2.24, 2.45) is 0 Å². The van der Waals surface area contributed by atoms with Gasteiger partial charge in [-0.3, -0.25) is 0 Å². The van der Waals surface area contributed by atoms with E-state index in [1.807, 2.05) is 24.1 Å². The molecule has 1 aromatic heterocycles. The minimum atomic E-state index is 0.347. The molecule has 0 fully saturated rings. The molecular weight excluding hydrogens is 242 g/mol. The molecule has 0 bridgehead atoms. The fourth-order valence-corrected chi connectivity index (χ4v) is 2.80. The van der Waals surface area contributed by atoms with E-state index in [4.69, 9.17) is 4.42 Å². The summed E-state index contributed by atoms with van der Waals surface area (Å²) in [6, 6.07) is 11.0. The second-order valence-electron chi connectivity index (χ2n) is 4.29. The minimum absolute atomic E-state index is 0.347. The zero-order valence-electron chi connectivity index (χ0n) is 10.8. The first kappa shape index (κ1) is 13.2. The van der Waals surface area contributed by atoms with Gasteiger partial charge in [0.05, 0.1) is 12.5 Å². The predicted octanol–water partition coefficient (Wildman–Crippen LogP) is 4.03. The maximum absolute atomic E-state index is 5.16. The van der Waals surface area contributed by atoms with E-state index < -0.39 is 0 Å². The Bertz CT molecular complexity index is 450. The van der Waals surface area contributed by atoms with Crippen LogP contribution in [0.25, 0.3) is 0 Å². The number of hydrogen-bond acceptors (Lipinski definition) is 3. The van der Waals surface area contributed by atoms with Gasteiger partial charge < -0.3 is 9.73 Å². The fraction of sp³-hybridized carbons (Fsp3) is 0.333. The SMILES string of the molecule is CCNC(CSc1ccc(C)cc1)c1ccoc1. The van der Waals surface area contributed by atoms with Crippen LogP contribution in [0.15, 0.2) is 52.2 Å². The molecule has 1 aromatic carbocycles. The predicted molar refractivity (Wildman–Crippen MR) is 77.0 cm³/mol. The van der Waals surface area contributed by atoms with E-state index in [0.717, 1.165) is 12.3 Å². The van der Waals surface area contributed by atoms with Crippen molar-refractivity contribution in [1.29, 1.82) is 0 Å². The average Bonchev–Trinajstić information content (AvgIpc) is 2.90. The molecule has 1 unspecified atom stereocenters. The largest absolute Gasteiger partial charge is 0.472 e. The highest BCUT2D eigenvalue weighted by Gasteiger charge is 2.11. The van der Waals surface area contributed by atoms with Gasteiger partial charge in [-0.05, 0) is 31.7 Å². The molecule has 0 amide bonds. The molecule has 96 valence electrons. The third-order valence-electron chi connectivity index (χ3n) is 2.83. The Morgan fingerprint density at radius 1 is 1.22 bits per heavy atom. The van der Waals surface area contributed by atoms with Crippen molar-refractivity contribution in [1.82, 2.24) is 5.32 Å². The van der Waals surface area contributed by atoms with Crippen molar-refractivity contribution >= 4 is 11.8 Å². The third-order valence-corrected chi connectivity index (χ3v) is 3.94. The molecule has 0 saturated carbocycles. The smallest absolute Gasteiger partial charge is 0.0950 e. The van der Waals surface area contributed by atoms with E-state index >= 15 is 0 Å². The number of aryl methyl sites for hydroxylation is 1. The van der Waals surface area contributed by atoms with E-state index in [1.54, 1.807) is 6.26 Å². The first-order valence-corrected chi connectivity index (χ1v) is 7.23. The maximum Gasteiger partial charge on any atom is 0.0950 e. The van der Waals surface area contributed by atoms with Gasteiger partial charge in [0.2, 0.25) is 0 Å². The molecule has 18 heavy (non-hydrogen) atoms. The molecule has 3 heteroatoms. The van der Waals surface area contributed by atoms with Crippen molar-refractivity contribution in [3.8, 4) is 0 Å². The monoisotopic (exact) mass is 261 g/mol. The van der Waals surface area contributed by atoms with Crippen LogP contribution in [-0.2, 0) is 0 Å². The molecule has 2 aromatic rings. The van der Waals surface area contributed by atoms with Crippen LogP contribution >= 0.6 is 11.8 Å². The van der Waals surface area contributed by atoms with Gasteiger partial charge in [0.15, 0.2) is 0 Å². The third kappa shape index (κ3) is 3.65. The molecule has 0 saturated heterocycles. The lowest BCUT2D eigenvalue weighted by atomic mass is 10.2. The summed E-state index contributed by atoms with van der Waals surface area (Å²) >= 11 is 1.87. The highest BCUT2D eigenvalue weighted by molar-refractivity contribution is 7.99. The zero-order valence-corrected chi connectivity index (χ0v) is 11.7. The number of rotatable bonds is 6. The molecule has 0 radical (unpaired) electrons. The average molecular weight is 261 g/mol. The van der Waals surface area contributed by atoms with Crippen LogP contribution < -0.4 is 5.32 Å². The number of nitrogens with one attached hydrogen (secondary N) is 1. The molecule has 0 aliphatic heterocycles. The zero-order chi connectivity index (χ0) is 12.8. The lowest BCUT2D eigenvalue weighted by Gasteiger charge is -2.15. The quantitative estimate of drug-likeness (QED) is 0.795. The lowest BCUT2D eigenvalue weighted by Crippen LogP contribution is -2.22. The van der Waals surface area contributed by atoms with E-state index in [9.17, 15) is 0 Å². The van der Waals surface area contributed by atoms with Crippen LogP contribution in [0.4, 0.5) is 0 Å². The lowest BCUT2D eigenvalue weighted by molar-refractivity contribution is 0.548. The molecule has 1 heterocycles. The molecule has 1 atom stereocenters. The summed E-state index contributed by atoms with van der Waals surface area (Å²) in [4.78, 5) is 1.31. The Morgan fingerprint density at radius 3 is 2.61 bits per heavy atom. The van der Waals surface area contributed by atoms with Gasteiger partial charge in [-0.15, -0.1) is 11.8 Å². The summed E-state index contributed by atoms with van der Waals surface area (Å²) in [7, 11) is 0. The van der Waals surface area contributed by atoms with E-state index in [2.05, 4.69) is 43.4 Å². The molecule has 0 aliphatic rings. The van der Waals surface area contributed by atoms with Crippen molar-refractivity contribution in [3.63, 3.8) is 0 Å². The first-order chi connectivity index (χ1) is 8.79. The topological polar surface area (TPSA) is 25.2 Å². The standard InChI is InChI=1S/C15H19NOS/c1-3-16-15(13-8-9-17-10-13)11-18-14-6-4-12(2)5-7-14/h4-10,15-16H,3,11H2,1-2H3. The Morgan fingerprint density at radius 2 is 2.00 bits per heavy atom. The van der Waals surface area contributed by atoms with E-state index in [0.29, 0.717) is 6.04 Å². The van der Waals surface area contributed by atoms with Crippen LogP contribution in [0.5, 0.6) is 0 Å². The van der Waals surface area contributed by atoms with Crippen molar-refractivity contribution in [3.05, 3.63) is 54.0 Å². The normalized spacial score (nSPS) is 12.6. The van der Waals surface area contributed by atoms with Crippen LogP contribution in [0.2, 0.25) is 0 Å². The molecule has 0 aliphatic carbocycles. The first-order valence-electron chi connectivity index (χ1n) is 6.24. The summed E-state index contributed by atoms with van der Waals surface area (Å²) in [6.07, 6.45) is 3.55. The number of furan rings is 1. The van der Waals surface area contributed by atoms with Crippen molar-refractivity contribution in [2.45, 2.75) is 24.8 Å². The Labute approximate surface area is 113 Å². The molecule has 1 N–H and O–H groups in total. The van der Waals surface area contributed by atoms with Gasteiger partial charge in [0.25, 0.3) is 0 Å². The van der Waals surface area contributed by atoms with Crippen LogP contribution in [-0.4, -0.2) is 12.3 Å². The van der Waals surface area contributed by atoms with Gasteiger partial charge in [-0.1, -0.05) is 24.6 Å². The maximum atomic E-state index is 5.16. The number of benzene rings is 1. The molecule has 2 rings (SSSR count). The summed E-state index contributed by atoms with van der Waals surface area (Å²) < 4.78 is 5.16. The highest BCUT2D eigenvalue weighted by Crippen LogP contribution is 2.25. The fourth-order valence-electron chi connectivity index (χ4n) is 1.81. The highest BCUT2D eigenvalue weighted by atomic mass is 32.2. The van der Waals surface area contributed by atoms with E-state index in [1.165, 1.54) is 16.0 Å². The van der Waals surface area contributed by atoms with Gasteiger partial charge in [-0.25, -0.2) is 0 Å². The van der Waals surface area contributed by atoms with Gasteiger partial charge in [0, 0.05) is 22.3 Å². The number of thioether (sulfide) groups is 1. The second-order valence-corrected chi connectivity index (χ2v) is 5.38.